The fourth-order valence-corrected chi connectivity index (χ4v) is 0. The Hall–Kier alpha value is 5.26. The van der Waals surface area contributed by atoms with E-state index in [2.05, 4.69) is 0 Å². The topological polar surface area (TPSA) is 172 Å². The van der Waals surface area contributed by atoms with Gasteiger partial charge in [0.05, 0.1) is 0 Å². The van der Waals surface area contributed by atoms with Gasteiger partial charge in [-0.05, 0) is 0 Å². The van der Waals surface area contributed by atoms with E-state index in [9.17, 15) is 0 Å². The molecule has 0 bridgehead atoms. The van der Waals surface area contributed by atoms with Gasteiger partial charge in [-0.25, -0.2) is 0 Å². The Kier molecular flexibility index (Phi) is 47.6. The van der Waals surface area contributed by atoms with Crippen LogP contribution >= 0.6 is 15.6 Å². The minimum atomic E-state index is -5.39. The molecule has 14 heteroatoms. The Balaban J connectivity index is -0.0000000178. The summed E-state index contributed by atoms with van der Waals surface area (Å²) < 4.78 is 17.1. The molecule has 0 heterocycles. The molecular formula is Ca4O8P2+2. The SMILES string of the molecule is O=P([O-])([O-])[O-].O=P([O-])([O-])[O-].[Ca+2].[Ca+2].[Ca+2].[Ca+2]. The van der Waals surface area contributed by atoms with E-state index in [0.29, 0.717) is 0 Å². The monoisotopic (exact) mass is 350 g/mol. The molecule has 0 N–H and O–H groups in total. The van der Waals surface area contributed by atoms with Gasteiger partial charge in [-0.1, -0.05) is 0 Å². The van der Waals surface area contributed by atoms with Gasteiger partial charge in [0.25, 0.3) is 0 Å². The van der Waals surface area contributed by atoms with Gasteiger partial charge < -0.3 is 38.5 Å². The standard InChI is InChI=1S/4Ca.2H3O4P/c;;;;2*1-5(2,3)4/h;;;;2*(H3,1,2,3,4)/q4*+2;;/p-6. The largest absolute Gasteiger partial charge is 2.00 e. The summed E-state index contributed by atoms with van der Waals surface area (Å²) in [7, 11) is -10.8. The van der Waals surface area contributed by atoms with Crippen LogP contribution in [0.4, 0.5) is 0 Å². The fraction of sp³-hybridized carbons (Fsp3) is 0. The Labute approximate surface area is 200 Å². The first-order chi connectivity index (χ1) is 4.00. The Morgan fingerprint density at radius 1 is 0.500 bits per heavy atom. The van der Waals surface area contributed by atoms with Crippen LogP contribution in [-0.2, 0) is 9.13 Å². The molecule has 0 atom stereocenters. The van der Waals surface area contributed by atoms with Crippen molar-refractivity contribution >= 4 is 167 Å². The second-order valence-corrected chi connectivity index (χ2v) is 2.68. The van der Waals surface area contributed by atoms with Crippen LogP contribution in [0.3, 0.4) is 0 Å². The van der Waals surface area contributed by atoms with Crippen LogP contribution in [-0.4, -0.2) is 151 Å². The third kappa shape index (κ3) is 165. The van der Waals surface area contributed by atoms with Gasteiger partial charge in [-0.3, -0.25) is 0 Å². The smallest absolute Gasteiger partial charge is 0.822 e. The molecule has 0 fully saturated rings. The van der Waals surface area contributed by atoms with Crippen molar-refractivity contribution in [3.8, 4) is 0 Å². The maximum absolute atomic E-state index is 8.55. The van der Waals surface area contributed by atoms with Crippen molar-refractivity contribution in [2.75, 3.05) is 0 Å². The zero-order valence-electron chi connectivity index (χ0n) is 6.99. The normalized spacial score (nSPS) is 8.43. The van der Waals surface area contributed by atoms with Crippen molar-refractivity contribution in [2.24, 2.45) is 0 Å². The summed E-state index contributed by atoms with van der Waals surface area (Å²) in [5.41, 5.74) is 0. The average Bonchev–Trinajstić information content (AvgIpc) is 1.12. The molecule has 0 aromatic heterocycles. The Morgan fingerprint density at radius 2 is 0.500 bits per heavy atom. The van der Waals surface area contributed by atoms with Crippen LogP contribution in [0.25, 0.3) is 0 Å². The fourth-order valence-electron chi connectivity index (χ4n) is 0. The molecule has 0 aliphatic carbocycles. The van der Waals surface area contributed by atoms with E-state index in [-0.39, 0.29) is 151 Å². The van der Waals surface area contributed by atoms with Crippen molar-refractivity contribution in [1.82, 2.24) is 0 Å². The van der Waals surface area contributed by atoms with Crippen molar-refractivity contribution in [3.05, 3.63) is 0 Å². The molecule has 0 saturated carbocycles. The van der Waals surface area contributed by atoms with Gasteiger partial charge in [0.2, 0.25) is 0 Å². The Bertz CT molecular complexity index is 132. The molecule has 64 valence electrons. The van der Waals surface area contributed by atoms with Crippen molar-refractivity contribution in [2.45, 2.75) is 0 Å². The zero-order chi connectivity index (χ0) is 9.00. The first kappa shape index (κ1) is 36.5. The molecule has 0 rings (SSSR count). The van der Waals surface area contributed by atoms with Gasteiger partial charge in [-0.2, -0.15) is 15.6 Å². The van der Waals surface area contributed by atoms with Crippen LogP contribution in [0.2, 0.25) is 0 Å². The first-order valence-corrected chi connectivity index (χ1v) is 4.38. The van der Waals surface area contributed by atoms with Crippen molar-refractivity contribution in [3.63, 3.8) is 0 Å². The maximum atomic E-state index is 8.55. The summed E-state index contributed by atoms with van der Waals surface area (Å²) in [5.74, 6) is 0. The summed E-state index contributed by atoms with van der Waals surface area (Å²) in [6, 6.07) is 0. The molecule has 0 aromatic carbocycles. The average molecular weight is 350 g/mol. The summed E-state index contributed by atoms with van der Waals surface area (Å²) in [6.45, 7) is 0. The minimum Gasteiger partial charge on any atom is -0.822 e. The molecule has 0 amide bonds. The van der Waals surface area contributed by atoms with E-state index < -0.39 is 15.6 Å². The predicted octanol–water partition coefficient (Wildman–Crippen LogP) is -7.17. The molecule has 0 unspecified atom stereocenters. The van der Waals surface area contributed by atoms with Crippen LogP contribution in [0.15, 0.2) is 0 Å². The zero-order valence-corrected chi connectivity index (χ0v) is 17.6. The van der Waals surface area contributed by atoms with Crippen molar-refractivity contribution < 1.29 is 38.5 Å². The Morgan fingerprint density at radius 3 is 0.500 bits per heavy atom. The molecular weight excluding hydrogens is 350 g/mol. The van der Waals surface area contributed by atoms with E-state index >= 15 is 0 Å². The third-order valence-electron chi connectivity index (χ3n) is 0. The molecule has 0 aliphatic rings. The van der Waals surface area contributed by atoms with Gasteiger partial charge in [-0.15, -0.1) is 0 Å². The maximum Gasteiger partial charge on any atom is 2.00 e. The van der Waals surface area contributed by atoms with Crippen LogP contribution in [0.5, 0.6) is 0 Å². The molecule has 8 nitrogen and oxygen atoms in total. The van der Waals surface area contributed by atoms with Gasteiger partial charge in [0, 0.05) is 0 Å². The van der Waals surface area contributed by atoms with Gasteiger partial charge in [0.1, 0.15) is 0 Å². The molecule has 0 saturated heterocycles. The minimum absolute atomic E-state index is 0. The summed E-state index contributed by atoms with van der Waals surface area (Å²) in [4.78, 5) is 51.3. The number of hydrogen-bond donors (Lipinski definition) is 0. The second kappa shape index (κ2) is 18.3. The molecule has 0 aromatic rings. The number of rotatable bonds is 0. The molecule has 14 heavy (non-hydrogen) atoms. The van der Waals surface area contributed by atoms with E-state index in [4.69, 9.17) is 38.5 Å². The number of phosphoric acid groups is 2. The van der Waals surface area contributed by atoms with Crippen LogP contribution in [0.1, 0.15) is 0 Å². The second-order valence-electron chi connectivity index (χ2n) is 0.894. The predicted molar refractivity (Wildman–Crippen MR) is 38.2 cm³/mol. The number of hydrogen-bond acceptors (Lipinski definition) is 8. The van der Waals surface area contributed by atoms with E-state index in [0.717, 1.165) is 0 Å². The third-order valence-corrected chi connectivity index (χ3v) is 0. The van der Waals surface area contributed by atoms with E-state index in [1.54, 1.807) is 0 Å². The quantitative estimate of drug-likeness (QED) is 0.306. The van der Waals surface area contributed by atoms with Crippen LogP contribution in [0, 0.1) is 0 Å². The van der Waals surface area contributed by atoms with Crippen molar-refractivity contribution in [1.29, 1.82) is 0 Å². The van der Waals surface area contributed by atoms with E-state index in [1.165, 1.54) is 0 Å². The summed E-state index contributed by atoms with van der Waals surface area (Å²) in [6.07, 6.45) is 0. The first-order valence-electron chi connectivity index (χ1n) is 1.46. The van der Waals surface area contributed by atoms with Gasteiger partial charge in [0.15, 0.2) is 0 Å². The van der Waals surface area contributed by atoms with Gasteiger partial charge >= 0.3 is 151 Å². The molecule has 0 radical (unpaired) electrons. The molecule has 0 spiro atoms. The van der Waals surface area contributed by atoms with E-state index in [1.807, 2.05) is 0 Å². The molecule has 0 aliphatic heterocycles. The summed E-state index contributed by atoms with van der Waals surface area (Å²) in [5, 5.41) is 0. The van der Waals surface area contributed by atoms with Crippen LogP contribution < -0.4 is 29.4 Å². The summed E-state index contributed by atoms with van der Waals surface area (Å²) >= 11 is 0.